The molecule has 0 heterocycles. The van der Waals surface area contributed by atoms with Gasteiger partial charge < -0.3 is 0 Å². The minimum atomic E-state index is 0.878. The van der Waals surface area contributed by atoms with Gasteiger partial charge in [-0.25, -0.2) is 0 Å². The maximum Gasteiger partial charge on any atom is 0.0677 e. The number of halogens is 1. The van der Waals surface area contributed by atoms with E-state index in [1.807, 2.05) is 42.5 Å². The molecule has 1 radical (unpaired) electrons. The van der Waals surface area contributed by atoms with Crippen LogP contribution in [0.3, 0.4) is 0 Å². The fourth-order valence-electron chi connectivity index (χ4n) is 2.79. The average Bonchev–Trinajstić information content (AvgIpc) is 2.70. The standard InChI is InChI=1S/C25H20Cl/c1-20-23(17-15-21-9-4-2-5-10-21)13-8-14-25(20)24(19-26)18-16-22-11-6-3-7-12-22/h2-18H,1H3. The van der Waals surface area contributed by atoms with Crippen LogP contribution in [0.4, 0.5) is 0 Å². The van der Waals surface area contributed by atoms with E-state index in [4.69, 9.17) is 11.6 Å². The fraction of sp³-hybridized carbons (Fsp3) is 0.0400. The van der Waals surface area contributed by atoms with E-state index in [9.17, 15) is 0 Å². The molecule has 0 aliphatic heterocycles. The molecule has 0 aliphatic rings. The summed E-state index contributed by atoms with van der Waals surface area (Å²) >= 11 is 6.01. The van der Waals surface area contributed by atoms with Gasteiger partial charge in [0.25, 0.3) is 0 Å². The SMILES string of the molecule is Cc1c(C=Cc2ccccc2)cccc1C(=[C]Cl)C=Cc1ccccc1. The summed E-state index contributed by atoms with van der Waals surface area (Å²) in [4.78, 5) is 0. The molecule has 3 aromatic carbocycles. The summed E-state index contributed by atoms with van der Waals surface area (Å²) in [5, 5.41) is 0. The van der Waals surface area contributed by atoms with Crippen LogP contribution in [0.1, 0.15) is 27.8 Å². The lowest BCUT2D eigenvalue weighted by atomic mass is 9.96. The lowest BCUT2D eigenvalue weighted by Gasteiger charge is -2.09. The zero-order valence-corrected chi connectivity index (χ0v) is 15.4. The van der Waals surface area contributed by atoms with Gasteiger partial charge in [0.1, 0.15) is 0 Å². The van der Waals surface area contributed by atoms with Gasteiger partial charge in [0.2, 0.25) is 0 Å². The van der Waals surface area contributed by atoms with Gasteiger partial charge >= 0.3 is 0 Å². The van der Waals surface area contributed by atoms with E-state index in [1.165, 1.54) is 16.7 Å². The molecule has 0 aliphatic carbocycles. The maximum absolute atomic E-state index is 6.01. The smallest absolute Gasteiger partial charge is 0.0677 e. The van der Waals surface area contributed by atoms with Gasteiger partial charge in [0.15, 0.2) is 0 Å². The first-order valence-electron chi connectivity index (χ1n) is 8.58. The Hall–Kier alpha value is -2.83. The molecule has 0 fully saturated rings. The van der Waals surface area contributed by atoms with Crippen LogP contribution in [0.15, 0.2) is 84.9 Å². The Morgan fingerprint density at radius 3 is 1.96 bits per heavy atom. The summed E-state index contributed by atoms with van der Waals surface area (Å²) in [6.07, 6.45) is 8.33. The van der Waals surface area contributed by atoms with Crippen LogP contribution in [0.25, 0.3) is 23.8 Å². The number of allylic oxidation sites excluding steroid dienone is 2. The molecule has 0 N–H and O–H groups in total. The molecule has 127 valence electrons. The number of benzene rings is 3. The van der Waals surface area contributed by atoms with Gasteiger partial charge in [0, 0.05) is 5.57 Å². The molecule has 0 nitrogen and oxygen atoms in total. The predicted octanol–water partition coefficient (Wildman–Crippen LogP) is 7.26. The molecule has 26 heavy (non-hydrogen) atoms. The van der Waals surface area contributed by atoms with Crippen molar-refractivity contribution in [3.05, 3.63) is 118 Å². The normalized spacial score (nSPS) is 12.2. The number of rotatable bonds is 5. The Morgan fingerprint density at radius 2 is 1.35 bits per heavy atom. The molecular weight excluding hydrogens is 336 g/mol. The zero-order chi connectivity index (χ0) is 18.2. The van der Waals surface area contributed by atoms with Crippen LogP contribution >= 0.6 is 11.6 Å². The van der Waals surface area contributed by atoms with Crippen LogP contribution in [-0.2, 0) is 0 Å². The highest BCUT2D eigenvalue weighted by Gasteiger charge is 2.05. The van der Waals surface area contributed by atoms with Crippen molar-refractivity contribution in [2.24, 2.45) is 0 Å². The third-order valence-corrected chi connectivity index (χ3v) is 4.47. The quantitative estimate of drug-likeness (QED) is 0.333. The first kappa shape index (κ1) is 18.0. The first-order valence-corrected chi connectivity index (χ1v) is 8.95. The molecule has 0 saturated heterocycles. The Labute approximate surface area is 160 Å². The summed E-state index contributed by atoms with van der Waals surface area (Å²) in [5.74, 6) is 0. The van der Waals surface area contributed by atoms with Crippen LogP contribution in [0.5, 0.6) is 0 Å². The van der Waals surface area contributed by atoms with Crippen molar-refractivity contribution in [2.75, 3.05) is 0 Å². The lowest BCUT2D eigenvalue weighted by Crippen LogP contribution is -1.90. The summed E-state index contributed by atoms with van der Waals surface area (Å²) in [7, 11) is 0. The van der Waals surface area contributed by atoms with Crippen molar-refractivity contribution in [3.63, 3.8) is 0 Å². The van der Waals surface area contributed by atoms with Crippen LogP contribution in [-0.4, -0.2) is 0 Å². The molecule has 0 aromatic heterocycles. The molecule has 0 spiro atoms. The Bertz CT molecular complexity index is 932. The summed E-state index contributed by atoms with van der Waals surface area (Å²) < 4.78 is 0. The highest BCUT2D eigenvalue weighted by molar-refractivity contribution is 6.25. The van der Waals surface area contributed by atoms with E-state index < -0.39 is 0 Å². The van der Waals surface area contributed by atoms with Gasteiger partial charge in [-0.05, 0) is 34.7 Å². The molecular formula is C25H20Cl. The van der Waals surface area contributed by atoms with Crippen molar-refractivity contribution in [1.82, 2.24) is 0 Å². The van der Waals surface area contributed by atoms with Crippen LogP contribution in [0, 0.1) is 12.5 Å². The first-order chi connectivity index (χ1) is 12.8. The van der Waals surface area contributed by atoms with Gasteiger partial charge in [-0.15, -0.1) is 0 Å². The Kier molecular flexibility index (Phi) is 6.24. The van der Waals surface area contributed by atoms with Gasteiger partial charge in [-0.3, -0.25) is 0 Å². The summed E-state index contributed by atoms with van der Waals surface area (Å²) in [5.41, 5.74) is 9.44. The van der Waals surface area contributed by atoms with Crippen molar-refractivity contribution in [3.8, 4) is 0 Å². The van der Waals surface area contributed by atoms with E-state index in [-0.39, 0.29) is 0 Å². The van der Waals surface area contributed by atoms with E-state index >= 15 is 0 Å². The van der Waals surface area contributed by atoms with E-state index in [0.717, 1.165) is 16.7 Å². The fourth-order valence-corrected chi connectivity index (χ4v) is 2.96. The second kappa shape index (κ2) is 9.03. The predicted molar refractivity (Wildman–Crippen MR) is 115 cm³/mol. The Morgan fingerprint density at radius 1 is 0.731 bits per heavy atom. The van der Waals surface area contributed by atoms with Crippen molar-refractivity contribution in [2.45, 2.75) is 6.92 Å². The molecule has 0 unspecified atom stereocenters. The van der Waals surface area contributed by atoms with E-state index in [2.05, 4.69) is 73.2 Å². The second-order valence-electron chi connectivity index (χ2n) is 6.02. The van der Waals surface area contributed by atoms with Crippen molar-refractivity contribution < 1.29 is 0 Å². The Balaban J connectivity index is 1.88. The maximum atomic E-state index is 6.01. The molecule has 0 atom stereocenters. The topological polar surface area (TPSA) is 0 Å². The zero-order valence-electron chi connectivity index (χ0n) is 14.7. The van der Waals surface area contributed by atoms with Gasteiger partial charge in [-0.2, -0.15) is 0 Å². The monoisotopic (exact) mass is 355 g/mol. The molecule has 0 saturated carbocycles. The molecule has 0 bridgehead atoms. The highest BCUT2D eigenvalue weighted by atomic mass is 35.5. The molecule has 3 rings (SSSR count). The molecule has 1 heteroatoms. The minimum Gasteiger partial charge on any atom is -0.0820 e. The summed E-state index contributed by atoms with van der Waals surface area (Å²) in [6.45, 7) is 2.12. The minimum absolute atomic E-state index is 0.878. The largest absolute Gasteiger partial charge is 0.0820 e. The lowest BCUT2D eigenvalue weighted by molar-refractivity contribution is 1.40. The number of hydrogen-bond donors (Lipinski definition) is 0. The van der Waals surface area contributed by atoms with Gasteiger partial charge in [0.05, 0.1) is 5.54 Å². The van der Waals surface area contributed by atoms with E-state index in [0.29, 0.717) is 0 Å². The van der Waals surface area contributed by atoms with Crippen molar-refractivity contribution >= 4 is 35.4 Å². The van der Waals surface area contributed by atoms with Crippen LogP contribution < -0.4 is 0 Å². The number of hydrogen-bond acceptors (Lipinski definition) is 0. The average molecular weight is 356 g/mol. The summed E-state index contributed by atoms with van der Waals surface area (Å²) in [6, 6.07) is 26.7. The third kappa shape index (κ3) is 4.62. The molecule has 3 aromatic rings. The van der Waals surface area contributed by atoms with Gasteiger partial charge in [-0.1, -0.05) is 115 Å². The van der Waals surface area contributed by atoms with E-state index in [1.54, 1.807) is 0 Å². The molecule has 0 amide bonds. The third-order valence-electron chi connectivity index (χ3n) is 4.26. The second-order valence-corrected chi connectivity index (χ2v) is 6.20. The van der Waals surface area contributed by atoms with Crippen LogP contribution in [0.2, 0.25) is 0 Å². The highest BCUT2D eigenvalue weighted by Crippen LogP contribution is 2.25. The van der Waals surface area contributed by atoms with Crippen molar-refractivity contribution in [1.29, 1.82) is 0 Å².